The maximum Gasteiger partial charge on any atom is 0.246 e. The monoisotopic (exact) mass is 303 g/mol. The molecule has 1 heterocycles. The topological polar surface area (TPSA) is 110 Å². The van der Waals surface area contributed by atoms with Crippen LogP contribution in [0.1, 0.15) is 20.3 Å². The van der Waals surface area contributed by atoms with Crippen LogP contribution in [0.3, 0.4) is 0 Å². The average molecular weight is 303 g/mol. The van der Waals surface area contributed by atoms with E-state index in [9.17, 15) is 13.2 Å². The van der Waals surface area contributed by atoms with Crippen LogP contribution in [0.2, 0.25) is 0 Å². The fourth-order valence-electron chi connectivity index (χ4n) is 1.70. The molecule has 0 bridgehead atoms. The van der Waals surface area contributed by atoms with Crippen LogP contribution in [-0.4, -0.2) is 49.1 Å². The van der Waals surface area contributed by atoms with Gasteiger partial charge in [0.2, 0.25) is 15.9 Å². The van der Waals surface area contributed by atoms with E-state index in [2.05, 4.69) is 9.82 Å². The van der Waals surface area contributed by atoms with Gasteiger partial charge in [-0.15, -0.1) is 0 Å². The molecule has 1 aromatic rings. The number of anilines is 1. The van der Waals surface area contributed by atoms with Crippen LogP contribution in [0.5, 0.6) is 0 Å². The first-order chi connectivity index (χ1) is 9.19. The summed E-state index contributed by atoms with van der Waals surface area (Å²) in [7, 11) is -0.759. The van der Waals surface area contributed by atoms with Crippen molar-refractivity contribution in [2.75, 3.05) is 19.8 Å². The fourth-order valence-corrected chi connectivity index (χ4v) is 2.97. The molecule has 0 saturated carbocycles. The standard InChI is InChI=1S/C11H21N5O3S/c1-5-6-16-7-9(10(12)13-16)20(18,19)14-8(2)11(17)15(3)4/h7-8,14H,5-6H2,1-4H3,(H2,12,13). The second-order valence-electron chi connectivity index (χ2n) is 4.72. The van der Waals surface area contributed by atoms with Crippen molar-refractivity contribution in [2.45, 2.75) is 37.8 Å². The van der Waals surface area contributed by atoms with Gasteiger partial charge in [-0.05, 0) is 13.3 Å². The van der Waals surface area contributed by atoms with Crippen LogP contribution >= 0.6 is 0 Å². The Morgan fingerprint density at radius 2 is 2.15 bits per heavy atom. The highest BCUT2D eigenvalue weighted by atomic mass is 32.2. The minimum atomic E-state index is -3.87. The first kappa shape index (κ1) is 16.4. The lowest BCUT2D eigenvalue weighted by Crippen LogP contribution is -2.44. The van der Waals surface area contributed by atoms with Crippen molar-refractivity contribution in [2.24, 2.45) is 0 Å². The number of nitrogens with zero attached hydrogens (tertiary/aromatic N) is 3. The number of nitrogens with two attached hydrogens (primary N) is 1. The number of amides is 1. The van der Waals surface area contributed by atoms with Crippen molar-refractivity contribution < 1.29 is 13.2 Å². The lowest BCUT2D eigenvalue weighted by Gasteiger charge is -2.17. The number of hydrogen-bond acceptors (Lipinski definition) is 5. The maximum absolute atomic E-state index is 12.2. The van der Waals surface area contributed by atoms with Crippen molar-refractivity contribution in [3.8, 4) is 0 Å². The predicted octanol–water partition coefficient (Wildman–Crippen LogP) is -0.370. The van der Waals surface area contributed by atoms with Crippen LogP contribution in [0.4, 0.5) is 5.82 Å². The normalized spacial score (nSPS) is 13.2. The first-order valence-corrected chi connectivity index (χ1v) is 7.73. The molecule has 3 N–H and O–H groups in total. The quantitative estimate of drug-likeness (QED) is 0.745. The zero-order chi connectivity index (χ0) is 15.5. The summed E-state index contributed by atoms with van der Waals surface area (Å²) in [6, 6.07) is -0.871. The van der Waals surface area contributed by atoms with Gasteiger partial charge >= 0.3 is 0 Å². The molecule has 0 aromatic carbocycles. The van der Waals surface area contributed by atoms with Gasteiger partial charge < -0.3 is 10.6 Å². The van der Waals surface area contributed by atoms with Gasteiger partial charge in [-0.25, -0.2) is 8.42 Å². The minimum Gasteiger partial charge on any atom is -0.381 e. The van der Waals surface area contributed by atoms with Gasteiger partial charge in [-0.3, -0.25) is 9.48 Å². The lowest BCUT2D eigenvalue weighted by atomic mass is 10.3. The molecule has 0 aliphatic carbocycles. The van der Waals surface area contributed by atoms with Gasteiger partial charge in [0, 0.05) is 26.8 Å². The molecule has 0 aliphatic rings. The second-order valence-corrected chi connectivity index (χ2v) is 6.40. The van der Waals surface area contributed by atoms with E-state index in [1.165, 1.54) is 22.7 Å². The number of sulfonamides is 1. The smallest absolute Gasteiger partial charge is 0.246 e. The third kappa shape index (κ3) is 3.70. The molecule has 114 valence electrons. The molecule has 1 unspecified atom stereocenters. The zero-order valence-corrected chi connectivity index (χ0v) is 12.9. The molecule has 0 saturated heterocycles. The largest absolute Gasteiger partial charge is 0.381 e. The van der Waals surface area contributed by atoms with E-state index in [4.69, 9.17) is 5.73 Å². The number of rotatable bonds is 6. The second kappa shape index (κ2) is 6.23. The van der Waals surface area contributed by atoms with Crippen LogP contribution in [0, 0.1) is 0 Å². The number of carbonyl (C=O) groups excluding carboxylic acids is 1. The number of aryl methyl sites for hydroxylation is 1. The molecule has 1 amide bonds. The molecule has 0 fully saturated rings. The summed E-state index contributed by atoms with van der Waals surface area (Å²) in [5.74, 6) is -0.413. The zero-order valence-electron chi connectivity index (χ0n) is 12.1. The fraction of sp³-hybridized carbons (Fsp3) is 0.636. The van der Waals surface area contributed by atoms with Gasteiger partial charge in [0.1, 0.15) is 4.90 Å². The summed E-state index contributed by atoms with van der Waals surface area (Å²) in [6.07, 6.45) is 2.18. The maximum atomic E-state index is 12.2. The van der Waals surface area contributed by atoms with Gasteiger partial charge in [0.05, 0.1) is 6.04 Å². The van der Waals surface area contributed by atoms with Crippen molar-refractivity contribution in [1.29, 1.82) is 0 Å². The molecule has 1 aromatic heterocycles. The Bertz CT molecular complexity index is 579. The predicted molar refractivity (Wildman–Crippen MR) is 75.4 cm³/mol. The molecular formula is C11H21N5O3S. The molecule has 0 radical (unpaired) electrons. The van der Waals surface area contributed by atoms with Crippen molar-refractivity contribution >= 4 is 21.7 Å². The van der Waals surface area contributed by atoms with Crippen molar-refractivity contribution in [1.82, 2.24) is 19.4 Å². The molecule has 0 spiro atoms. The molecule has 1 atom stereocenters. The third-order valence-corrected chi connectivity index (χ3v) is 4.20. The van der Waals surface area contributed by atoms with Crippen LogP contribution in [0.15, 0.2) is 11.1 Å². The lowest BCUT2D eigenvalue weighted by molar-refractivity contribution is -0.130. The summed E-state index contributed by atoms with van der Waals surface area (Å²) in [5.41, 5.74) is 5.62. The van der Waals surface area contributed by atoms with E-state index in [0.717, 1.165) is 6.42 Å². The van der Waals surface area contributed by atoms with E-state index in [1.54, 1.807) is 14.1 Å². The molecular weight excluding hydrogens is 282 g/mol. The molecule has 0 aliphatic heterocycles. The van der Waals surface area contributed by atoms with Crippen LogP contribution in [-0.2, 0) is 21.4 Å². The number of likely N-dealkylation sites (N-methyl/N-ethyl adjacent to an activating group) is 1. The van der Waals surface area contributed by atoms with E-state index in [-0.39, 0.29) is 16.6 Å². The number of hydrogen-bond donors (Lipinski definition) is 2. The first-order valence-electron chi connectivity index (χ1n) is 6.25. The Balaban J connectivity index is 2.97. The van der Waals surface area contributed by atoms with E-state index in [0.29, 0.717) is 6.54 Å². The summed E-state index contributed by atoms with van der Waals surface area (Å²) < 4.78 is 28.2. The Labute approximate surface area is 119 Å². The van der Waals surface area contributed by atoms with Crippen molar-refractivity contribution in [3.63, 3.8) is 0 Å². The van der Waals surface area contributed by atoms with Gasteiger partial charge in [0.15, 0.2) is 5.82 Å². The highest BCUT2D eigenvalue weighted by Crippen LogP contribution is 2.16. The Morgan fingerprint density at radius 3 is 2.65 bits per heavy atom. The molecule has 9 heteroatoms. The Morgan fingerprint density at radius 1 is 1.55 bits per heavy atom. The Hall–Kier alpha value is -1.61. The van der Waals surface area contributed by atoms with Gasteiger partial charge in [0.25, 0.3) is 0 Å². The van der Waals surface area contributed by atoms with E-state index >= 15 is 0 Å². The van der Waals surface area contributed by atoms with E-state index < -0.39 is 16.1 Å². The number of aromatic nitrogens is 2. The van der Waals surface area contributed by atoms with E-state index in [1.807, 2.05) is 6.92 Å². The minimum absolute atomic E-state index is 0.0737. The third-order valence-electron chi connectivity index (χ3n) is 2.64. The number of nitrogen functional groups attached to an aromatic ring is 1. The molecule has 8 nitrogen and oxygen atoms in total. The summed E-state index contributed by atoms with van der Waals surface area (Å²) in [6.45, 7) is 4.00. The van der Waals surface area contributed by atoms with Crippen molar-refractivity contribution in [3.05, 3.63) is 6.20 Å². The Kier molecular flexibility index (Phi) is 5.12. The number of carbonyl (C=O) groups is 1. The highest BCUT2D eigenvalue weighted by molar-refractivity contribution is 7.89. The highest BCUT2D eigenvalue weighted by Gasteiger charge is 2.26. The summed E-state index contributed by atoms with van der Waals surface area (Å²) in [5, 5.41) is 3.93. The SMILES string of the molecule is CCCn1cc(S(=O)(=O)NC(C)C(=O)N(C)C)c(N)n1. The van der Waals surface area contributed by atoms with Crippen LogP contribution in [0.25, 0.3) is 0 Å². The summed E-state index contributed by atoms with van der Waals surface area (Å²) >= 11 is 0. The van der Waals surface area contributed by atoms with Gasteiger partial charge in [-0.1, -0.05) is 6.92 Å². The number of nitrogens with one attached hydrogen (secondary N) is 1. The summed E-state index contributed by atoms with van der Waals surface area (Å²) in [4.78, 5) is 12.9. The van der Waals surface area contributed by atoms with Crippen LogP contribution < -0.4 is 10.5 Å². The average Bonchev–Trinajstić information content (AvgIpc) is 2.69. The van der Waals surface area contributed by atoms with Gasteiger partial charge in [-0.2, -0.15) is 9.82 Å². The molecule has 20 heavy (non-hydrogen) atoms. The molecule has 1 rings (SSSR count).